The maximum atomic E-state index is 13.6. The van der Waals surface area contributed by atoms with Crippen molar-refractivity contribution in [2.45, 2.75) is 13.8 Å². The number of hydrogen-bond acceptors (Lipinski definition) is 4. The maximum absolute atomic E-state index is 13.6. The Morgan fingerprint density at radius 3 is 2.62 bits per heavy atom. The molecule has 24 heavy (non-hydrogen) atoms. The zero-order chi connectivity index (χ0) is 17.7. The number of carbonyl (C=O) groups is 1. The minimum atomic E-state index is -0.920. The van der Waals surface area contributed by atoms with Crippen LogP contribution in [0.25, 0.3) is 10.2 Å². The fourth-order valence-corrected chi connectivity index (χ4v) is 2.86. The summed E-state index contributed by atoms with van der Waals surface area (Å²) in [4.78, 5) is 16.3. The van der Waals surface area contributed by atoms with E-state index in [-0.39, 0.29) is 5.56 Å². The largest absolute Gasteiger partial charge is 0.494 e. The van der Waals surface area contributed by atoms with Gasteiger partial charge in [0, 0.05) is 6.07 Å². The first-order valence-electron chi connectivity index (χ1n) is 7.28. The molecule has 0 unspecified atom stereocenters. The molecule has 0 fully saturated rings. The molecule has 1 aromatic heterocycles. The molecule has 0 aliphatic carbocycles. The summed E-state index contributed by atoms with van der Waals surface area (Å²) in [6.45, 7) is 4.00. The Balaban J connectivity index is 0.00000100. The van der Waals surface area contributed by atoms with Crippen LogP contribution in [-0.4, -0.2) is 18.0 Å². The summed E-state index contributed by atoms with van der Waals surface area (Å²) < 4.78 is 32.5. The van der Waals surface area contributed by atoms with E-state index in [1.54, 1.807) is 6.07 Å². The van der Waals surface area contributed by atoms with E-state index in [9.17, 15) is 13.6 Å². The number of carbonyl (C=O) groups excluding carboxylic acids is 1. The molecule has 0 bridgehead atoms. The number of methoxy groups -OCH3 is 1. The molecule has 0 aliphatic rings. The first kappa shape index (κ1) is 17.8. The first-order valence-corrected chi connectivity index (χ1v) is 8.10. The SMILES string of the molecule is CC.COc1cccc2sc(NC(=O)c3ccc(F)cc3F)nc12. The van der Waals surface area contributed by atoms with Gasteiger partial charge >= 0.3 is 0 Å². The Hall–Kier alpha value is -2.54. The van der Waals surface area contributed by atoms with Crippen LogP contribution >= 0.6 is 11.3 Å². The lowest BCUT2D eigenvalue weighted by molar-refractivity contribution is 0.102. The summed E-state index contributed by atoms with van der Waals surface area (Å²) in [6, 6.07) is 8.19. The monoisotopic (exact) mass is 350 g/mol. The van der Waals surface area contributed by atoms with Gasteiger partial charge in [0.25, 0.3) is 5.91 Å². The number of halogens is 2. The zero-order valence-electron chi connectivity index (χ0n) is 13.4. The average molecular weight is 350 g/mol. The van der Waals surface area contributed by atoms with Gasteiger partial charge in [-0.15, -0.1) is 0 Å². The summed E-state index contributed by atoms with van der Waals surface area (Å²) in [5.41, 5.74) is 0.373. The third-order valence-corrected chi connectivity index (χ3v) is 3.93. The highest BCUT2D eigenvalue weighted by atomic mass is 32.1. The second-order valence-electron chi connectivity index (χ2n) is 4.40. The van der Waals surface area contributed by atoms with E-state index in [4.69, 9.17) is 4.74 Å². The number of nitrogens with one attached hydrogen (secondary N) is 1. The number of aromatic nitrogens is 1. The summed E-state index contributed by atoms with van der Waals surface area (Å²) in [5.74, 6) is -1.76. The lowest BCUT2D eigenvalue weighted by Crippen LogP contribution is -2.13. The molecule has 1 N–H and O–H groups in total. The highest BCUT2D eigenvalue weighted by molar-refractivity contribution is 7.22. The van der Waals surface area contributed by atoms with Crippen molar-refractivity contribution >= 4 is 32.6 Å². The highest BCUT2D eigenvalue weighted by Crippen LogP contribution is 2.32. The number of rotatable bonds is 3. The standard InChI is InChI=1S/C15H10F2N2O2S.C2H6/c1-21-11-3-2-4-12-13(11)18-15(22-12)19-14(20)9-6-5-8(16)7-10(9)17;1-2/h2-7H,1H3,(H,18,19,20);1-2H3. The Labute approximate surface area is 142 Å². The van der Waals surface area contributed by atoms with Crippen LogP contribution in [0.2, 0.25) is 0 Å². The van der Waals surface area contributed by atoms with Gasteiger partial charge in [-0.3, -0.25) is 10.1 Å². The Morgan fingerprint density at radius 1 is 1.21 bits per heavy atom. The average Bonchev–Trinajstić information content (AvgIpc) is 2.98. The van der Waals surface area contributed by atoms with Crippen LogP contribution in [0.4, 0.5) is 13.9 Å². The molecule has 1 heterocycles. The van der Waals surface area contributed by atoms with E-state index in [1.807, 2.05) is 26.0 Å². The molecule has 7 heteroatoms. The molecule has 0 aliphatic heterocycles. The molecule has 0 spiro atoms. The number of hydrogen-bond donors (Lipinski definition) is 1. The van der Waals surface area contributed by atoms with Gasteiger partial charge in [0.05, 0.1) is 17.4 Å². The van der Waals surface area contributed by atoms with E-state index in [0.29, 0.717) is 22.5 Å². The van der Waals surface area contributed by atoms with Crippen LogP contribution in [0.3, 0.4) is 0 Å². The Morgan fingerprint density at radius 2 is 1.96 bits per heavy atom. The van der Waals surface area contributed by atoms with E-state index >= 15 is 0 Å². The second-order valence-corrected chi connectivity index (χ2v) is 5.43. The van der Waals surface area contributed by atoms with E-state index < -0.39 is 17.5 Å². The maximum Gasteiger partial charge on any atom is 0.260 e. The van der Waals surface area contributed by atoms with Gasteiger partial charge in [-0.25, -0.2) is 13.8 Å². The quantitative estimate of drug-likeness (QED) is 0.734. The van der Waals surface area contributed by atoms with E-state index in [2.05, 4.69) is 10.3 Å². The minimum Gasteiger partial charge on any atom is -0.494 e. The zero-order valence-corrected chi connectivity index (χ0v) is 14.2. The number of para-hydroxylation sites is 1. The molecule has 2 aromatic carbocycles. The van der Waals surface area contributed by atoms with Gasteiger partial charge in [-0.2, -0.15) is 0 Å². The molecule has 0 saturated heterocycles. The number of fused-ring (bicyclic) bond motifs is 1. The normalized spacial score (nSPS) is 10.0. The molecule has 0 atom stereocenters. The lowest BCUT2D eigenvalue weighted by Gasteiger charge is -2.02. The predicted molar refractivity (Wildman–Crippen MR) is 91.8 cm³/mol. The number of anilines is 1. The van der Waals surface area contributed by atoms with Crippen molar-refractivity contribution in [2.24, 2.45) is 0 Å². The van der Waals surface area contributed by atoms with Crippen LogP contribution in [0.5, 0.6) is 5.75 Å². The summed E-state index contributed by atoms with van der Waals surface area (Å²) >= 11 is 1.24. The van der Waals surface area contributed by atoms with Gasteiger partial charge in [0.1, 0.15) is 22.9 Å². The molecule has 3 aromatic rings. The molecule has 0 saturated carbocycles. The molecular formula is C17H16F2N2O2S. The van der Waals surface area contributed by atoms with Crippen molar-refractivity contribution < 1.29 is 18.3 Å². The number of amides is 1. The third kappa shape index (κ3) is 3.68. The lowest BCUT2D eigenvalue weighted by atomic mass is 10.2. The van der Waals surface area contributed by atoms with Crippen molar-refractivity contribution in [1.29, 1.82) is 0 Å². The van der Waals surface area contributed by atoms with Crippen molar-refractivity contribution in [3.8, 4) is 5.75 Å². The number of nitrogens with zero attached hydrogens (tertiary/aromatic N) is 1. The molecule has 126 valence electrons. The van der Waals surface area contributed by atoms with Crippen LogP contribution < -0.4 is 10.1 Å². The van der Waals surface area contributed by atoms with E-state index in [0.717, 1.165) is 16.8 Å². The fourth-order valence-electron chi connectivity index (χ4n) is 1.98. The topological polar surface area (TPSA) is 51.2 Å². The summed E-state index contributed by atoms with van der Waals surface area (Å²) in [6.07, 6.45) is 0. The number of ether oxygens (including phenoxy) is 1. The smallest absolute Gasteiger partial charge is 0.260 e. The highest BCUT2D eigenvalue weighted by Gasteiger charge is 2.15. The Bertz CT molecular complexity index is 865. The molecule has 4 nitrogen and oxygen atoms in total. The minimum absolute atomic E-state index is 0.243. The van der Waals surface area contributed by atoms with Gasteiger partial charge in [0.2, 0.25) is 0 Å². The number of benzene rings is 2. The van der Waals surface area contributed by atoms with Gasteiger partial charge in [0.15, 0.2) is 5.13 Å². The van der Waals surface area contributed by atoms with Crippen molar-refractivity contribution in [3.05, 3.63) is 53.6 Å². The Kier molecular flexibility index (Phi) is 5.81. The molecular weight excluding hydrogens is 334 g/mol. The van der Waals surface area contributed by atoms with Crippen LogP contribution in [0.1, 0.15) is 24.2 Å². The predicted octanol–water partition coefficient (Wildman–Crippen LogP) is 4.86. The molecule has 0 radical (unpaired) electrons. The van der Waals surface area contributed by atoms with Gasteiger partial charge in [-0.1, -0.05) is 31.3 Å². The molecule has 3 rings (SSSR count). The summed E-state index contributed by atoms with van der Waals surface area (Å²) in [5, 5.41) is 2.82. The fraction of sp³-hybridized carbons (Fsp3) is 0.176. The van der Waals surface area contributed by atoms with Crippen molar-refractivity contribution in [1.82, 2.24) is 4.98 Å². The van der Waals surface area contributed by atoms with Crippen LogP contribution in [-0.2, 0) is 0 Å². The third-order valence-electron chi connectivity index (χ3n) is 3.00. The van der Waals surface area contributed by atoms with Crippen molar-refractivity contribution in [2.75, 3.05) is 12.4 Å². The van der Waals surface area contributed by atoms with Crippen molar-refractivity contribution in [3.63, 3.8) is 0 Å². The summed E-state index contributed by atoms with van der Waals surface area (Å²) in [7, 11) is 1.53. The van der Waals surface area contributed by atoms with Gasteiger partial charge in [-0.05, 0) is 24.3 Å². The van der Waals surface area contributed by atoms with Crippen LogP contribution in [0, 0.1) is 11.6 Å². The van der Waals surface area contributed by atoms with Crippen LogP contribution in [0.15, 0.2) is 36.4 Å². The molecule has 1 amide bonds. The number of thiazole rings is 1. The second kappa shape index (κ2) is 7.83. The van der Waals surface area contributed by atoms with E-state index in [1.165, 1.54) is 18.4 Å². The first-order chi connectivity index (χ1) is 11.6. The van der Waals surface area contributed by atoms with Gasteiger partial charge < -0.3 is 4.74 Å².